The van der Waals surface area contributed by atoms with Crippen molar-refractivity contribution in [2.75, 3.05) is 24.8 Å². The second kappa shape index (κ2) is 6.23. The van der Waals surface area contributed by atoms with Crippen molar-refractivity contribution in [2.45, 2.75) is 6.54 Å². The van der Waals surface area contributed by atoms with E-state index in [0.717, 1.165) is 3.79 Å². The molecule has 5 nitrogen and oxygen atoms in total. The van der Waals surface area contributed by atoms with Gasteiger partial charge in [-0.3, -0.25) is 0 Å². The number of carbonyl (C=O) groups is 1. The van der Waals surface area contributed by atoms with Crippen LogP contribution in [0.25, 0.3) is 0 Å². The molecule has 0 saturated carbocycles. The number of carbonyl (C=O) groups excluding carboxylic acids is 1. The van der Waals surface area contributed by atoms with E-state index in [1.807, 2.05) is 11.9 Å². The van der Waals surface area contributed by atoms with Gasteiger partial charge < -0.3 is 15.4 Å². The third-order valence-corrected chi connectivity index (χ3v) is 4.31. The number of esters is 1. The molecule has 0 aliphatic heterocycles. The van der Waals surface area contributed by atoms with E-state index in [1.165, 1.54) is 18.9 Å². The number of methoxy groups -OCH3 is 1. The highest BCUT2D eigenvalue weighted by atomic mass is 79.9. The Bertz CT molecular complexity index is 630. The summed E-state index contributed by atoms with van der Waals surface area (Å²) >= 11 is 5.07. The first-order valence-electron chi connectivity index (χ1n) is 5.79. The predicted octanol–water partition coefficient (Wildman–Crippen LogP) is 2.91. The fourth-order valence-corrected chi connectivity index (χ4v) is 2.93. The van der Waals surface area contributed by atoms with Crippen molar-refractivity contribution in [3.05, 3.63) is 38.6 Å². The van der Waals surface area contributed by atoms with Gasteiger partial charge in [-0.2, -0.15) is 0 Å². The fraction of sp³-hybridized carbons (Fsp3) is 0.231. The van der Waals surface area contributed by atoms with E-state index in [4.69, 9.17) is 10.5 Å². The standard InChI is InChI=1S/C13H14BrN3O2S/c1-17(6-8-3-11(14)20-7-8)12-4-9(13(18)19-2)10(15)5-16-12/h3-5,7H,6,15H2,1-2H3. The lowest BCUT2D eigenvalue weighted by molar-refractivity contribution is 0.0602. The number of thiophene rings is 1. The molecule has 0 aromatic carbocycles. The minimum Gasteiger partial charge on any atom is -0.465 e. The maximum absolute atomic E-state index is 11.6. The number of hydrogen-bond donors (Lipinski definition) is 1. The lowest BCUT2D eigenvalue weighted by Gasteiger charge is -2.18. The molecular formula is C13H14BrN3O2S. The van der Waals surface area contributed by atoms with Crippen LogP contribution in [0.2, 0.25) is 0 Å². The molecule has 0 radical (unpaired) electrons. The van der Waals surface area contributed by atoms with Gasteiger partial charge in [0.1, 0.15) is 5.82 Å². The largest absolute Gasteiger partial charge is 0.465 e. The molecule has 106 valence electrons. The minimum atomic E-state index is -0.460. The second-order valence-corrected chi connectivity index (χ2v) is 6.53. The molecule has 7 heteroatoms. The van der Waals surface area contributed by atoms with E-state index >= 15 is 0 Å². The molecule has 2 aromatic rings. The SMILES string of the molecule is COC(=O)c1cc(N(C)Cc2csc(Br)c2)ncc1N. The van der Waals surface area contributed by atoms with Gasteiger partial charge in [0.2, 0.25) is 0 Å². The molecule has 0 unspecified atom stereocenters. The van der Waals surface area contributed by atoms with E-state index in [0.29, 0.717) is 23.6 Å². The smallest absolute Gasteiger partial charge is 0.340 e. The highest BCUT2D eigenvalue weighted by Gasteiger charge is 2.14. The highest BCUT2D eigenvalue weighted by molar-refractivity contribution is 9.11. The van der Waals surface area contributed by atoms with Gasteiger partial charge in [-0.25, -0.2) is 9.78 Å². The molecule has 0 saturated heterocycles. The molecule has 0 bridgehead atoms. The van der Waals surface area contributed by atoms with Crippen molar-refractivity contribution in [1.82, 2.24) is 4.98 Å². The van der Waals surface area contributed by atoms with Gasteiger partial charge in [0.25, 0.3) is 0 Å². The van der Waals surface area contributed by atoms with Gasteiger partial charge in [-0.1, -0.05) is 0 Å². The summed E-state index contributed by atoms with van der Waals surface area (Å²) in [6, 6.07) is 3.70. The summed E-state index contributed by atoms with van der Waals surface area (Å²) in [4.78, 5) is 17.8. The van der Waals surface area contributed by atoms with Crippen molar-refractivity contribution in [3.63, 3.8) is 0 Å². The third-order valence-electron chi connectivity index (χ3n) is 2.76. The van der Waals surface area contributed by atoms with Crippen molar-refractivity contribution >= 4 is 44.7 Å². The number of nitrogens with two attached hydrogens (primary N) is 1. The molecule has 0 spiro atoms. The van der Waals surface area contributed by atoms with Crippen LogP contribution in [0.15, 0.2) is 27.5 Å². The summed E-state index contributed by atoms with van der Waals surface area (Å²) in [5.41, 5.74) is 7.55. The Labute approximate surface area is 129 Å². The Morgan fingerprint density at radius 1 is 1.55 bits per heavy atom. The summed E-state index contributed by atoms with van der Waals surface area (Å²) < 4.78 is 5.79. The summed E-state index contributed by atoms with van der Waals surface area (Å²) in [5, 5.41) is 2.07. The molecule has 0 amide bonds. The zero-order valence-corrected chi connectivity index (χ0v) is 13.5. The van der Waals surface area contributed by atoms with Crippen LogP contribution >= 0.6 is 27.3 Å². The molecule has 2 rings (SSSR count). The van der Waals surface area contributed by atoms with Gasteiger partial charge in [0.05, 0.1) is 28.3 Å². The van der Waals surface area contributed by atoms with Gasteiger partial charge in [-0.05, 0) is 39.0 Å². The Kier molecular flexibility index (Phi) is 4.61. The fourth-order valence-electron chi connectivity index (χ4n) is 1.73. The van der Waals surface area contributed by atoms with Crippen LogP contribution in [0.4, 0.5) is 11.5 Å². The van der Waals surface area contributed by atoms with Crippen LogP contribution in [0.3, 0.4) is 0 Å². The monoisotopic (exact) mass is 355 g/mol. The van der Waals surface area contributed by atoms with Crippen LogP contribution in [-0.2, 0) is 11.3 Å². The van der Waals surface area contributed by atoms with Crippen LogP contribution < -0.4 is 10.6 Å². The van der Waals surface area contributed by atoms with E-state index in [1.54, 1.807) is 17.4 Å². The number of rotatable bonds is 4. The quantitative estimate of drug-likeness (QED) is 0.854. The van der Waals surface area contributed by atoms with Crippen LogP contribution in [0, 0.1) is 0 Å². The lowest BCUT2D eigenvalue weighted by Crippen LogP contribution is -2.18. The van der Waals surface area contributed by atoms with Crippen molar-refractivity contribution < 1.29 is 9.53 Å². The molecule has 2 aromatic heterocycles. The van der Waals surface area contributed by atoms with E-state index in [-0.39, 0.29) is 0 Å². The van der Waals surface area contributed by atoms with Crippen molar-refractivity contribution in [2.24, 2.45) is 0 Å². The maximum atomic E-state index is 11.6. The topological polar surface area (TPSA) is 68.5 Å². The highest BCUT2D eigenvalue weighted by Crippen LogP contribution is 2.24. The Balaban J connectivity index is 2.21. The predicted molar refractivity (Wildman–Crippen MR) is 84.1 cm³/mol. The lowest BCUT2D eigenvalue weighted by atomic mass is 10.2. The summed E-state index contributed by atoms with van der Waals surface area (Å²) in [6.07, 6.45) is 1.47. The second-order valence-electron chi connectivity index (χ2n) is 4.24. The zero-order valence-electron chi connectivity index (χ0n) is 11.1. The first-order chi connectivity index (χ1) is 9.51. The molecule has 20 heavy (non-hydrogen) atoms. The number of aromatic nitrogens is 1. The average molecular weight is 356 g/mol. The summed E-state index contributed by atoms with van der Waals surface area (Å²) in [7, 11) is 3.24. The number of nitrogen functional groups attached to an aromatic ring is 1. The summed E-state index contributed by atoms with van der Waals surface area (Å²) in [5.74, 6) is 0.208. The zero-order chi connectivity index (χ0) is 14.7. The molecule has 2 heterocycles. The Hall–Kier alpha value is -1.60. The number of halogens is 1. The van der Waals surface area contributed by atoms with Gasteiger partial charge in [0.15, 0.2) is 0 Å². The Morgan fingerprint density at radius 2 is 2.30 bits per heavy atom. The van der Waals surface area contributed by atoms with Crippen molar-refractivity contribution in [3.8, 4) is 0 Å². The van der Waals surface area contributed by atoms with Gasteiger partial charge in [0, 0.05) is 13.6 Å². The minimum absolute atomic E-state index is 0.312. The van der Waals surface area contributed by atoms with E-state index in [9.17, 15) is 4.79 Å². The van der Waals surface area contributed by atoms with E-state index < -0.39 is 5.97 Å². The normalized spacial score (nSPS) is 10.3. The van der Waals surface area contributed by atoms with Crippen LogP contribution in [0.1, 0.15) is 15.9 Å². The van der Waals surface area contributed by atoms with Crippen LogP contribution in [-0.4, -0.2) is 25.1 Å². The average Bonchev–Trinajstić information content (AvgIpc) is 2.83. The van der Waals surface area contributed by atoms with Crippen LogP contribution in [0.5, 0.6) is 0 Å². The Morgan fingerprint density at radius 3 is 2.90 bits per heavy atom. The molecule has 0 fully saturated rings. The molecule has 2 N–H and O–H groups in total. The maximum Gasteiger partial charge on any atom is 0.340 e. The van der Waals surface area contributed by atoms with Gasteiger partial charge >= 0.3 is 5.97 Å². The number of anilines is 2. The van der Waals surface area contributed by atoms with E-state index in [2.05, 4.69) is 32.4 Å². The number of nitrogens with zero attached hydrogens (tertiary/aromatic N) is 2. The summed E-state index contributed by atoms with van der Waals surface area (Å²) in [6.45, 7) is 0.694. The number of hydrogen-bond acceptors (Lipinski definition) is 6. The van der Waals surface area contributed by atoms with Crippen molar-refractivity contribution in [1.29, 1.82) is 0 Å². The third kappa shape index (κ3) is 3.29. The molecular weight excluding hydrogens is 342 g/mol. The number of pyridine rings is 1. The first-order valence-corrected chi connectivity index (χ1v) is 7.46. The van der Waals surface area contributed by atoms with Gasteiger partial charge in [-0.15, -0.1) is 11.3 Å². The molecule has 0 atom stereocenters. The molecule has 0 aliphatic rings. The first kappa shape index (κ1) is 14.8. The number of ether oxygens (including phenoxy) is 1. The molecule has 0 aliphatic carbocycles.